The molecule has 3 aromatic carbocycles. The molecule has 34 heavy (non-hydrogen) atoms. The van der Waals surface area contributed by atoms with Gasteiger partial charge in [-0.15, -0.1) is 0 Å². The van der Waals surface area contributed by atoms with Crippen LogP contribution in [0.15, 0.2) is 78.4 Å². The Morgan fingerprint density at radius 2 is 1.62 bits per heavy atom. The molecule has 1 aliphatic rings. The van der Waals surface area contributed by atoms with Crippen molar-refractivity contribution in [3.8, 4) is 11.5 Å². The first-order valence-electron chi connectivity index (χ1n) is 10.7. The van der Waals surface area contributed by atoms with E-state index in [1.54, 1.807) is 56.7 Å². The van der Waals surface area contributed by atoms with Crippen LogP contribution in [0.1, 0.15) is 22.7 Å². The minimum atomic E-state index is -0.760. The Morgan fingerprint density at radius 3 is 2.26 bits per heavy atom. The predicted octanol–water partition coefficient (Wildman–Crippen LogP) is 5.02. The summed E-state index contributed by atoms with van der Waals surface area (Å²) in [6, 6.07) is 20.4. The van der Waals surface area contributed by atoms with E-state index in [0.29, 0.717) is 28.3 Å². The molecule has 1 atom stereocenters. The maximum atomic E-state index is 13.1. The average Bonchev–Trinajstić information content (AvgIpc) is 3.12. The van der Waals surface area contributed by atoms with Gasteiger partial charge >= 0.3 is 0 Å². The fourth-order valence-corrected chi connectivity index (χ4v) is 4.20. The highest BCUT2D eigenvalue weighted by Gasteiger charge is 2.45. The van der Waals surface area contributed by atoms with Crippen molar-refractivity contribution in [3.63, 3.8) is 0 Å². The van der Waals surface area contributed by atoms with Crippen molar-refractivity contribution in [2.45, 2.75) is 12.5 Å². The Balaban J connectivity index is 1.75. The van der Waals surface area contributed by atoms with E-state index in [4.69, 9.17) is 21.1 Å². The van der Waals surface area contributed by atoms with E-state index in [1.807, 2.05) is 30.3 Å². The first kappa shape index (κ1) is 23.4. The summed E-state index contributed by atoms with van der Waals surface area (Å²) >= 11 is 5.98. The number of benzene rings is 3. The summed E-state index contributed by atoms with van der Waals surface area (Å²) in [4.78, 5) is 27.8. The SMILES string of the molecule is COc1ccc(CCN2C(=O)C(=O)/C(=C(\O)c3ccc(Cl)cc3)C2c2cccc(OC)c2)cc1. The number of aliphatic hydroxyl groups excluding tert-OH is 1. The van der Waals surface area contributed by atoms with Gasteiger partial charge in [0.05, 0.1) is 25.8 Å². The smallest absolute Gasteiger partial charge is 0.295 e. The van der Waals surface area contributed by atoms with Crippen molar-refractivity contribution in [2.75, 3.05) is 20.8 Å². The normalized spacial score (nSPS) is 17.1. The minimum Gasteiger partial charge on any atom is -0.507 e. The second-order valence-corrected chi connectivity index (χ2v) is 8.31. The van der Waals surface area contributed by atoms with Gasteiger partial charge in [-0.25, -0.2) is 0 Å². The van der Waals surface area contributed by atoms with Gasteiger partial charge in [0.2, 0.25) is 0 Å². The maximum absolute atomic E-state index is 13.1. The molecule has 0 spiro atoms. The van der Waals surface area contributed by atoms with E-state index >= 15 is 0 Å². The number of ketones is 1. The lowest BCUT2D eigenvalue weighted by atomic mass is 9.95. The van der Waals surface area contributed by atoms with E-state index in [9.17, 15) is 14.7 Å². The Labute approximate surface area is 203 Å². The molecule has 1 unspecified atom stereocenters. The highest BCUT2D eigenvalue weighted by atomic mass is 35.5. The van der Waals surface area contributed by atoms with Crippen LogP contribution >= 0.6 is 11.6 Å². The topological polar surface area (TPSA) is 76.1 Å². The van der Waals surface area contributed by atoms with E-state index < -0.39 is 17.7 Å². The number of hydrogen-bond acceptors (Lipinski definition) is 5. The van der Waals surface area contributed by atoms with E-state index in [0.717, 1.165) is 11.3 Å². The third-order valence-corrected chi connectivity index (χ3v) is 6.12. The average molecular weight is 478 g/mol. The molecule has 7 heteroatoms. The zero-order valence-corrected chi connectivity index (χ0v) is 19.6. The molecule has 1 fully saturated rings. The van der Waals surface area contributed by atoms with Crippen LogP contribution in [0.25, 0.3) is 5.76 Å². The van der Waals surface area contributed by atoms with Crippen LogP contribution in [0.3, 0.4) is 0 Å². The molecule has 174 valence electrons. The van der Waals surface area contributed by atoms with Crippen molar-refractivity contribution in [2.24, 2.45) is 0 Å². The van der Waals surface area contributed by atoms with E-state index in [1.165, 1.54) is 4.90 Å². The van der Waals surface area contributed by atoms with Crippen LogP contribution in [-0.4, -0.2) is 42.5 Å². The monoisotopic (exact) mass is 477 g/mol. The van der Waals surface area contributed by atoms with Crippen LogP contribution in [0.5, 0.6) is 11.5 Å². The number of likely N-dealkylation sites (tertiary alicyclic amines) is 1. The van der Waals surface area contributed by atoms with Crippen molar-refractivity contribution in [1.82, 2.24) is 4.90 Å². The highest BCUT2D eigenvalue weighted by molar-refractivity contribution is 6.46. The lowest BCUT2D eigenvalue weighted by molar-refractivity contribution is -0.139. The molecule has 1 saturated heterocycles. The number of methoxy groups -OCH3 is 2. The van der Waals surface area contributed by atoms with Crippen molar-refractivity contribution in [1.29, 1.82) is 0 Å². The summed E-state index contributed by atoms with van der Waals surface area (Å²) in [5.74, 6) is -0.296. The van der Waals surface area contributed by atoms with Gasteiger partial charge in [-0.05, 0) is 66.1 Å². The van der Waals surface area contributed by atoms with Gasteiger partial charge in [0, 0.05) is 17.1 Å². The summed E-state index contributed by atoms with van der Waals surface area (Å²) in [6.07, 6.45) is 0.526. The van der Waals surface area contributed by atoms with Gasteiger partial charge < -0.3 is 19.5 Å². The lowest BCUT2D eigenvalue weighted by Gasteiger charge is -2.25. The van der Waals surface area contributed by atoms with E-state index in [2.05, 4.69) is 0 Å². The second-order valence-electron chi connectivity index (χ2n) is 7.87. The van der Waals surface area contributed by atoms with Crippen molar-refractivity contribution in [3.05, 3.63) is 100 Å². The predicted molar refractivity (Wildman–Crippen MR) is 130 cm³/mol. The molecule has 6 nitrogen and oxygen atoms in total. The number of aliphatic hydroxyl groups is 1. The maximum Gasteiger partial charge on any atom is 0.295 e. The molecule has 1 N–H and O–H groups in total. The molecule has 4 rings (SSSR count). The summed E-state index contributed by atoms with van der Waals surface area (Å²) in [5.41, 5.74) is 2.11. The quantitative estimate of drug-likeness (QED) is 0.294. The highest BCUT2D eigenvalue weighted by Crippen LogP contribution is 2.40. The number of Topliss-reactive ketones (excluding diaryl/α,β-unsaturated/α-hetero) is 1. The fraction of sp³-hybridized carbons (Fsp3) is 0.185. The van der Waals surface area contributed by atoms with Gasteiger partial charge in [-0.3, -0.25) is 9.59 Å². The first-order chi connectivity index (χ1) is 16.4. The second kappa shape index (κ2) is 10.0. The first-order valence-corrected chi connectivity index (χ1v) is 11.1. The molecule has 1 heterocycles. The van der Waals surface area contributed by atoms with Crippen LogP contribution in [0, 0.1) is 0 Å². The Hall–Kier alpha value is -3.77. The number of nitrogens with zero attached hydrogens (tertiary/aromatic N) is 1. The molecule has 1 amide bonds. The Kier molecular flexibility index (Phi) is 6.89. The summed E-state index contributed by atoms with van der Waals surface area (Å²) in [5, 5.41) is 11.6. The number of amides is 1. The lowest BCUT2D eigenvalue weighted by Crippen LogP contribution is -2.31. The van der Waals surface area contributed by atoms with Crippen LogP contribution in [0.4, 0.5) is 0 Å². The van der Waals surface area contributed by atoms with Gasteiger partial charge in [-0.2, -0.15) is 0 Å². The zero-order valence-electron chi connectivity index (χ0n) is 18.8. The summed E-state index contributed by atoms with van der Waals surface area (Å²) in [7, 11) is 3.15. The number of ether oxygens (including phenoxy) is 2. The van der Waals surface area contributed by atoms with Gasteiger partial charge in [-0.1, -0.05) is 35.9 Å². The number of carbonyl (C=O) groups is 2. The summed E-state index contributed by atoms with van der Waals surface area (Å²) in [6.45, 7) is 0.288. The van der Waals surface area contributed by atoms with Crippen molar-refractivity contribution >= 4 is 29.1 Å². The van der Waals surface area contributed by atoms with Crippen LogP contribution in [0.2, 0.25) is 5.02 Å². The number of rotatable bonds is 7. The Bertz CT molecular complexity index is 1230. The number of carbonyl (C=O) groups excluding carboxylic acids is 2. The molecular formula is C27H24ClNO5. The third kappa shape index (κ3) is 4.63. The molecule has 0 bridgehead atoms. The number of halogens is 1. The minimum absolute atomic E-state index is 0.0373. The molecule has 0 saturated carbocycles. The van der Waals surface area contributed by atoms with E-state index in [-0.39, 0.29) is 17.9 Å². The van der Waals surface area contributed by atoms with Gasteiger partial charge in [0.1, 0.15) is 17.3 Å². The Morgan fingerprint density at radius 1 is 0.941 bits per heavy atom. The van der Waals surface area contributed by atoms with Crippen LogP contribution in [-0.2, 0) is 16.0 Å². The molecule has 3 aromatic rings. The van der Waals surface area contributed by atoms with Gasteiger partial charge in [0.25, 0.3) is 11.7 Å². The fourth-order valence-electron chi connectivity index (χ4n) is 4.07. The third-order valence-electron chi connectivity index (χ3n) is 5.87. The molecule has 0 aliphatic carbocycles. The number of hydrogen-bond donors (Lipinski definition) is 1. The largest absolute Gasteiger partial charge is 0.507 e. The standard InChI is InChI=1S/C27H24ClNO5/c1-33-21-12-6-17(7-13-21)14-15-29-24(19-4-3-5-22(16-19)34-2)23(26(31)27(29)32)25(30)18-8-10-20(28)11-9-18/h3-13,16,24,30H,14-15H2,1-2H3/b25-23-. The molecule has 0 radical (unpaired) electrons. The summed E-state index contributed by atoms with van der Waals surface area (Å²) < 4.78 is 10.6. The zero-order chi connectivity index (χ0) is 24.2. The van der Waals surface area contributed by atoms with Gasteiger partial charge in [0.15, 0.2) is 0 Å². The molecule has 0 aromatic heterocycles. The molecular weight excluding hydrogens is 454 g/mol. The van der Waals surface area contributed by atoms with Crippen LogP contribution < -0.4 is 9.47 Å². The van der Waals surface area contributed by atoms with Crippen molar-refractivity contribution < 1.29 is 24.2 Å². The molecule has 1 aliphatic heterocycles.